The van der Waals surface area contributed by atoms with Crippen LogP contribution in [0.1, 0.15) is 43.2 Å². The molecule has 100 valence electrons. The summed E-state index contributed by atoms with van der Waals surface area (Å²) in [6.45, 7) is 7.23. The minimum Gasteiger partial charge on any atom is -0.853 e. The summed E-state index contributed by atoms with van der Waals surface area (Å²) in [7, 11) is 0. The first-order valence-electron chi connectivity index (χ1n) is 6.25. The van der Waals surface area contributed by atoms with Crippen LogP contribution in [-0.2, 0) is 4.74 Å². The lowest BCUT2D eigenvalue weighted by Gasteiger charge is -2.19. The molecular weight excluding hydrogens is 232 g/mol. The third-order valence-electron chi connectivity index (χ3n) is 3.99. The number of aromatic nitrogens is 2. The average molecular weight is 251 g/mol. The number of hydrogen-bond acceptors (Lipinski definition) is 4. The predicted octanol–water partition coefficient (Wildman–Crippen LogP) is 0.924. The lowest BCUT2D eigenvalue weighted by Crippen LogP contribution is -2.28. The van der Waals surface area contributed by atoms with Crippen LogP contribution in [0.2, 0.25) is 0 Å². The fourth-order valence-electron chi connectivity index (χ4n) is 2.56. The summed E-state index contributed by atoms with van der Waals surface area (Å²) in [5.41, 5.74) is 1.28. The second-order valence-corrected chi connectivity index (χ2v) is 5.09. The first-order valence-corrected chi connectivity index (χ1v) is 6.25. The molecule has 0 bridgehead atoms. The van der Waals surface area contributed by atoms with Crippen molar-refractivity contribution in [2.45, 2.75) is 40.0 Å². The van der Waals surface area contributed by atoms with Crippen LogP contribution in [-0.4, -0.2) is 28.0 Å². The monoisotopic (exact) mass is 251 g/mol. The Morgan fingerprint density at radius 3 is 2.61 bits per heavy atom. The van der Waals surface area contributed by atoms with Crippen LogP contribution in [0.4, 0.5) is 0 Å². The first-order chi connectivity index (χ1) is 8.47. The minimum atomic E-state index is -0.257. The molecule has 0 aliphatic carbocycles. The largest absolute Gasteiger partial charge is 0.853 e. The zero-order valence-electron chi connectivity index (χ0n) is 11.2. The smallest absolute Gasteiger partial charge is 0.179 e. The molecular formula is C13H19N2O3-. The van der Waals surface area contributed by atoms with Crippen molar-refractivity contribution in [3.8, 4) is 0 Å². The van der Waals surface area contributed by atoms with Crippen LogP contribution < -0.4 is 5.11 Å². The summed E-state index contributed by atoms with van der Waals surface area (Å²) in [4.78, 5) is 15.5. The minimum absolute atomic E-state index is 0.0506. The molecule has 1 aromatic heterocycles. The Balaban J connectivity index is 2.30. The standard InChI is InChI=1S/C13H19N2O3/c1-7-8(2)13(18-11(7)5-16)15-6-14-12(9(15)3)10(4)17/h6-8,11,13H,5H2,1-4H3/q-1/t7-,8+,11+,13+/m0/s1. The molecule has 0 spiro atoms. The molecule has 1 aliphatic heterocycles. The molecule has 0 saturated carbocycles. The number of ether oxygens (including phenoxy) is 1. The highest BCUT2D eigenvalue weighted by Crippen LogP contribution is 2.39. The van der Waals surface area contributed by atoms with E-state index in [0.29, 0.717) is 5.69 Å². The van der Waals surface area contributed by atoms with Gasteiger partial charge in [0.1, 0.15) is 11.9 Å². The van der Waals surface area contributed by atoms with Crippen LogP contribution in [0.25, 0.3) is 0 Å². The summed E-state index contributed by atoms with van der Waals surface area (Å²) in [5, 5.41) is 11.1. The molecule has 0 amide bonds. The van der Waals surface area contributed by atoms with Crippen molar-refractivity contribution in [1.82, 2.24) is 9.55 Å². The molecule has 0 unspecified atom stereocenters. The molecule has 2 heterocycles. The Kier molecular flexibility index (Phi) is 3.54. The third-order valence-corrected chi connectivity index (χ3v) is 3.99. The van der Waals surface area contributed by atoms with Gasteiger partial charge in [-0.3, -0.25) is 4.79 Å². The molecule has 5 heteroatoms. The maximum atomic E-state index is 11.4. The Morgan fingerprint density at radius 1 is 1.50 bits per heavy atom. The van der Waals surface area contributed by atoms with E-state index in [1.807, 2.05) is 18.4 Å². The van der Waals surface area contributed by atoms with E-state index in [4.69, 9.17) is 4.74 Å². The number of carbonyl (C=O) groups is 1. The Bertz CT molecular complexity index is 455. The number of rotatable bonds is 3. The van der Waals surface area contributed by atoms with Crippen LogP contribution in [0.5, 0.6) is 0 Å². The van der Waals surface area contributed by atoms with Crippen LogP contribution >= 0.6 is 0 Å². The van der Waals surface area contributed by atoms with Crippen molar-refractivity contribution < 1.29 is 14.6 Å². The fraction of sp³-hybridized carbons (Fsp3) is 0.692. The molecule has 0 radical (unpaired) electrons. The third kappa shape index (κ3) is 1.97. The number of imidazole rings is 1. The number of ketones is 1. The summed E-state index contributed by atoms with van der Waals surface area (Å²) < 4.78 is 7.66. The fourth-order valence-corrected chi connectivity index (χ4v) is 2.56. The van der Waals surface area contributed by atoms with Gasteiger partial charge in [0.15, 0.2) is 5.78 Å². The molecule has 0 aromatic carbocycles. The Morgan fingerprint density at radius 2 is 2.17 bits per heavy atom. The van der Waals surface area contributed by atoms with E-state index in [0.717, 1.165) is 5.69 Å². The summed E-state index contributed by atoms with van der Waals surface area (Å²) in [6, 6.07) is 0. The van der Waals surface area contributed by atoms with Gasteiger partial charge in [-0.05, 0) is 12.8 Å². The Hall–Kier alpha value is -1.20. The van der Waals surface area contributed by atoms with Crippen LogP contribution in [0, 0.1) is 18.8 Å². The van der Waals surface area contributed by atoms with E-state index in [-0.39, 0.29) is 36.6 Å². The van der Waals surface area contributed by atoms with Crippen molar-refractivity contribution in [3.05, 3.63) is 17.7 Å². The number of Topliss-reactive ketones (excluding diaryl/α,β-unsaturated/α-hetero) is 1. The zero-order valence-corrected chi connectivity index (χ0v) is 11.2. The highest BCUT2D eigenvalue weighted by atomic mass is 16.5. The molecule has 1 saturated heterocycles. The predicted molar refractivity (Wildman–Crippen MR) is 64.1 cm³/mol. The number of hydrogen-bond donors (Lipinski definition) is 0. The van der Waals surface area contributed by atoms with Crippen LogP contribution in [0.3, 0.4) is 0 Å². The molecule has 2 rings (SSSR count). The summed E-state index contributed by atoms with van der Waals surface area (Å²) in [6.07, 6.45) is 1.18. The molecule has 4 atom stereocenters. The first kappa shape index (κ1) is 13.2. The maximum absolute atomic E-state index is 11.4. The van der Waals surface area contributed by atoms with Gasteiger partial charge in [0.2, 0.25) is 0 Å². The van der Waals surface area contributed by atoms with Crippen molar-refractivity contribution in [3.63, 3.8) is 0 Å². The van der Waals surface area contributed by atoms with Gasteiger partial charge in [-0.1, -0.05) is 13.8 Å². The SMILES string of the molecule is CC(=O)c1ncn([C@@H]2O[C@H](C[O-])[C@@H](C)[C@H]2C)c1C. The van der Waals surface area contributed by atoms with Crippen molar-refractivity contribution in [2.75, 3.05) is 6.61 Å². The average Bonchev–Trinajstić information content (AvgIpc) is 2.82. The van der Waals surface area contributed by atoms with Crippen molar-refractivity contribution >= 4 is 5.78 Å². The van der Waals surface area contributed by atoms with Gasteiger partial charge in [-0.25, -0.2) is 4.98 Å². The second kappa shape index (κ2) is 4.82. The van der Waals surface area contributed by atoms with Gasteiger partial charge in [-0.2, -0.15) is 0 Å². The Labute approximate surface area is 107 Å². The van der Waals surface area contributed by atoms with E-state index in [9.17, 15) is 9.90 Å². The highest BCUT2D eigenvalue weighted by molar-refractivity contribution is 5.93. The maximum Gasteiger partial charge on any atom is 0.179 e. The van der Waals surface area contributed by atoms with Crippen LogP contribution in [0.15, 0.2) is 6.33 Å². The normalized spacial score (nSPS) is 31.8. The van der Waals surface area contributed by atoms with Gasteiger partial charge in [0.05, 0.1) is 6.33 Å². The molecule has 1 aliphatic rings. The van der Waals surface area contributed by atoms with Gasteiger partial charge < -0.3 is 14.4 Å². The van der Waals surface area contributed by atoms with Gasteiger partial charge >= 0.3 is 0 Å². The summed E-state index contributed by atoms with van der Waals surface area (Å²) in [5.74, 6) is 0.400. The molecule has 0 N–H and O–H groups in total. The molecule has 5 nitrogen and oxygen atoms in total. The summed E-state index contributed by atoms with van der Waals surface area (Å²) >= 11 is 0. The van der Waals surface area contributed by atoms with E-state index in [1.165, 1.54) is 6.92 Å². The van der Waals surface area contributed by atoms with E-state index < -0.39 is 0 Å². The molecule has 1 fully saturated rings. The van der Waals surface area contributed by atoms with E-state index in [2.05, 4.69) is 11.9 Å². The van der Waals surface area contributed by atoms with Gasteiger partial charge in [-0.15, -0.1) is 6.61 Å². The highest BCUT2D eigenvalue weighted by Gasteiger charge is 2.38. The van der Waals surface area contributed by atoms with Crippen molar-refractivity contribution in [2.24, 2.45) is 11.8 Å². The number of nitrogens with zero attached hydrogens (tertiary/aromatic N) is 2. The topological polar surface area (TPSA) is 67.2 Å². The zero-order chi connectivity index (χ0) is 13.4. The molecule has 1 aromatic rings. The second-order valence-electron chi connectivity index (χ2n) is 5.09. The lowest BCUT2D eigenvalue weighted by molar-refractivity contribution is -0.387. The van der Waals surface area contributed by atoms with E-state index >= 15 is 0 Å². The molecule has 18 heavy (non-hydrogen) atoms. The van der Waals surface area contributed by atoms with Gasteiger partial charge in [0, 0.05) is 24.6 Å². The number of carbonyl (C=O) groups excluding carboxylic acids is 1. The lowest BCUT2D eigenvalue weighted by atomic mass is 9.93. The van der Waals surface area contributed by atoms with Crippen molar-refractivity contribution in [1.29, 1.82) is 0 Å². The van der Waals surface area contributed by atoms with E-state index in [1.54, 1.807) is 6.33 Å². The quantitative estimate of drug-likeness (QED) is 0.749. The van der Waals surface area contributed by atoms with Gasteiger partial charge in [0.25, 0.3) is 0 Å².